The SMILES string of the molecule is CCN1/C(=C\C=C\c2c(CCC(C)S(=O)(=O)O)c3cc(Cl)c(Cl)cc3n2CC)N(CCC(C)S(=O)(=O)O)c2cc(Cl)c(Cl)cc21. The number of nitrogens with zero attached hydrogens (tertiary/aromatic N) is 3. The number of benzene rings is 2. The normalized spacial score (nSPS) is 16.4. The molecule has 0 aliphatic carbocycles. The Kier molecular flexibility index (Phi) is 11.2. The van der Waals surface area contributed by atoms with E-state index in [1.807, 2.05) is 41.9 Å². The first-order chi connectivity index (χ1) is 21.0. The van der Waals surface area contributed by atoms with Crippen molar-refractivity contribution in [2.45, 2.75) is 64.0 Å². The van der Waals surface area contributed by atoms with Crippen molar-refractivity contribution in [3.63, 3.8) is 0 Å². The van der Waals surface area contributed by atoms with Crippen molar-refractivity contribution in [1.82, 2.24) is 4.57 Å². The number of hydrogen-bond acceptors (Lipinski definition) is 6. The van der Waals surface area contributed by atoms with Gasteiger partial charge in [-0.1, -0.05) is 52.5 Å². The summed E-state index contributed by atoms with van der Waals surface area (Å²) in [6, 6.07) is 7.06. The van der Waals surface area contributed by atoms with Gasteiger partial charge in [-0.3, -0.25) is 9.11 Å². The molecule has 0 saturated carbocycles. The number of fused-ring (bicyclic) bond motifs is 2. The Labute approximate surface area is 284 Å². The predicted octanol–water partition coefficient (Wildman–Crippen LogP) is 8.35. The van der Waals surface area contributed by atoms with Crippen molar-refractivity contribution in [3.8, 4) is 0 Å². The minimum atomic E-state index is -4.22. The standard InChI is InChI=1S/C30H35Cl4N3O6S2/c1-5-35-26(20(11-10-18(3)44(38,39)40)21-14-22(31)23(32)15-27(21)35)8-7-9-30-36(6-2)28-16-24(33)25(34)17-29(28)37(30)13-12-19(4)45(41,42)43/h7-9,14-19H,5-6,10-13H2,1-4H3,(H,38,39,40)(H,41,42,43)/b8-7+,30-9+. The first kappa shape index (κ1) is 35.9. The highest BCUT2D eigenvalue weighted by Crippen LogP contribution is 2.46. The second kappa shape index (κ2) is 14.0. The molecule has 0 radical (unpaired) electrons. The quantitative estimate of drug-likeness (QED) is 0.178. The summed E-state index contributed by atoms with van der Waals surface area (Å²) in [6.07, 6.45) is 6.36. The molecule has 0 bridgehead atoms. The lowest BCUT2D eigenvalue weighted by molar-refractivity contribution is 0.464. The Morgan fingerprint density at radius 3 is 1.87 bits per heavy atom. The molecule has 45 heavy (non-hydrogen) atoms. The monoisotopic (exact) mass is 737 g/mol. The molecule has 246 valence electrons. The number of aryl methyl sites for hydroxylation is 2. The van der Waals surface area contributed by atoms with Crippen molar-refractivity contribution >= 4 is 95.0 Å². The van der Waals surface area contributed by atoms with Crippen LogP contribution in [0, 0.1) is 0 Å². The van der Waals surface area contributed by atoms with Crippen LogP contribution in [0.25, 0.3) is 17.0 Å². The van der Waals surface area contributed by atoms with E-state index >= 15 is 0 Å². The van der Waals surface area contributed by atoms with E-state index in [-0.39, 0.29) is 19.4 Å². The predicted molar refractivity (Wildman–Crippen MR) is 187 cm³/mol. The van der Waals surface area contributed by atoms with Gasteiger partial charge in [-0.2, -0.15) is 16.8 Å². The largest absolute Gasteiger partial charge is 0.341 e. The first-order valence-corrected chi connectivity index (χ1v) is 18.9. The van der Waals surface area contributed by atoms with Crippen molar-refractivity contribution in [2.75, 3.05) is 22.9 Å². The lowest BCUT2D eigenvalue weighted by Crippen LogP contribution is -2.31. The maximum Gasteiger partial charge on any atom is 0.267 e. The molecule has 2 unspecified atom stereocenters. The molecule has 2 atom stereocenters. The van der Waals surface area contributed by atoms with E-state index in [9.17, 15) is 25.9 Å². The fourth-order valence-corrected chi connectivity index (χ4v) is 6.96. The van der Waals surface area contributed by atoms with Gasteiger partial charge in [0.15, 0.2) is 0 Å². The summed E-state index contributed by atoms with van der Waals surface area (Å²) >= 11 is 25.5. The summed E-state index contributed by atoms with van der Waals surface area (Å²) in [5.41, 5.74) is 4.07. The zero-order chi connectivity index (χ0) is 33.4. The van der Waals surface area contributed by atoms with Gasteiger partial charge in [0.25, 0.3) is 20.2 Å². The van der Waals surface area contributed by atoms with Gasteiger partial charge in [-0.25, -0.2) is 0 Å². The Bertz CT molecular complexity index is 1890. The Morgan fingerprint density at radius 2 is 1.31 bits per heavy atom. The van der Waals surface area contributed by atoms with Gasteiger partial charge in [-0.15, -0.1) is 0 Å². The number of hydrogen-bond donors (Lipinski definition) is 2. The summed E-state index contributed by atoms with van der Waals surface area (Å²) in [4.78, 5) is 3.97. The summed E-state index contributed by atoms with van der Waals surface area (Å²) in [5, 5.41) is 0.369. The van der Waals surface area contributed by atoms with Crippen LogP contribution in [0.5, 0.6) is 0 Å². The molecule has 2 aromatic carbocycles. The van der Waals surface area contributed by atoms with Crippen molar-refractivity contribution in [3.05, 3.63) is 73.6 Å². The maximum absolute atomic E-state index is 11.8. The van der Waals surface area contributed by atoms with E-state index in [4.69, 9.17) is 46.4 Å². The molecule has 0 amide bonds. The van der Waals surface area contributed by atoms with Crippen LogP contribution in [-0.4, -0.2) is 54.1 Å². The molecule has 2 heterocycles. The van der Waals surface area contributed by atoms with Gasteiger partial charge in [0.2, 0.25) is 0 Å². The van der Waals surface area contributed by atoms with Crippen LogP contribution in [0.3, 0.4) is 0 Å². The third-order valence-corrected chi connectivity index (χ3v) is 12.1. The van der Waals surface area contributed by atoms with E-state index in [0.717, 1.165) is 39.4 Å². The van der Waals surface area contributed by atoms with E-state index in [0.29, 0.717) is 39.6 Å². The van der Waals surface area contributed by atoms with Gasteiger partial charge in [0.05, 0.1) is 47.5 Å². The lowest BCUT2D eigenvalue weighted by atomic mass is 10.0. The van der Waals surface area contributed by atoms with Gasteiger partial charge in [0.1, 0.15) is 5.82 Å². The summed E-state index contributed by atoms with van der Waals surface area (Å²) < 4.78 is 68.3. The van der Waals surface area contributed by atoms with Crippen LogP contribution in [0.1, 0.15) is 51.8 Å². The molecule has 3 aromatic rings. The van der Waals surface area contributed by atoms with Crippen molar-refractivity contribution in [1.29, 1.82) is 0 Å². The Hall–Kier alpha value is -1.96. The number of aromatic nitrogens is 1. The highest BCUT2D eigenvalue weighted by Gasteiger charge is 2.32. The van der Waals surface area contributed by atoms with E-state index in [1.54, 1.807) is 24.3 Å². The number of anilines is 2. The molecule has 9 nitrogen and oxygen atoms in total. The topological polar surface area (TPSA) is 120 Å². The molecule has 0 spiro atoms. The van der Waals surface area contributed by atoms with Crippen LogP contribution in [0.15, 0.2) is 42.2 Å². The average Bonchev–Trinajstić information content (AvgIpc) is 3.39. The lowest BCUT2D eigenvalue weighted by Gasteiger charge is -2.25. The molecule has 0 saturated heterocycles. The van der Waals surface area contributed by atoms with E-state index < -0.39 is 30.7 Å². The van der Waals surface area contributed by atoms with Crippen LogP contribution < -0.4 is 9.80 Å². The van der Waals surface area contributed by atoms with E-state index in [2.05, 4.69) is 4.57 Å². The summed E-state index contributed by atoms with van der Waals surface area (Å²) in [5.74, 6) is 0.747. The van der Waals surface area contributed by atoms with Gasteiger partial charge in [-0.05, 0) is 88.9 Å². The average molecular weight is 740 g/mol. The Morgan fingerprint density at radius 1 is 0.778 bits per heavy atom. The van der Waals surface area contributed by atoms with Crippen LogP contribution in [0.2, 0.25) is 20.1 Å². The number of halogens is 4. The second-order valence-electron chi connectivity index (χ2n) is 10.9. The highest BCUT2D eigenvalue weighted by atomic mass is 35.5. The van der Waals surface area contributed by atoms with Gasteiger partial charge >= 0.3 is 0 Å². The minimum absolute atomic E-state index is 0.152. The summed E-state index contributed by atoms with van der Waals surface area (Å²) in [6.45, 7) is 8.31. The van der Waals surface area contributed by atoms with Crippen LogP contribution in [-0.2, 0) is 33.2 Å². The smallest absolute Gasteiger partial charge is 0.267 e. The molecule has 1 aromatic heterocycles. The van der Waals surface area contributed by atoms with Crippen molar-refractivity contribution in [2.24, 2.45) is 0 Å². The number of allylic oxidation sites excluding steroid dienone is 2. The Balaban J connectivity index is 1.83. The first-order valence-electron chi connectivity index (χ1n) is 14.3. The van der Waals surface area contributed by atoms with E-state index in [1.165, 1.54) is 13.8 Å². The summed E-state index contributed by atoms with van der Waals surface area (Å²) in [7, 11) is -8.44. The van der Waals surface area contributed by atoms with Gasteiger partial charge < -0.3 is 14.4 Å². The third-order valence-electron chi connectivity index (χ3n) is 8.12. The molecular formula is C30H35Cl4N3O6S2. The zero-order valence-corrected chi connectivity index (χ0v) is 29.8. The number of rotatable bonds is 12. The van der Waals surface area contributed by atoms with Crippen LogP contribution >= 0.6 is 46.4 Å². The fraction of sp³-hybridized carbons (Fsp3) is 0.400. The van der Waals surface area contributed by atoms with Crippen molar-refractivity contribution < 1.29 is 25.9 Å². The highest BCUT2D eigenvalue weighted by molar-refractivity contribution is 7.86. The second-order valence-corrected chi connectivity index (χ2v) is 16.2. The zero-order valence-electron chi connectivity index (χ0n) is 25.1. The molecule has 0 fully saturated rings. The molecule has 1 aliphatic heterocycles. The minimum Gasteiger partial charge on any atom is -0.341 e. The fourth-order valence-electron chi connectivity index (χ4n) is 5.51. The molecule has 2 N–H and O–H groups in total. The molecular weight excluding hydrogens is 704 g/mol. The maximum atomic E-state index is 11.8. The molecule has 4 rings (SSSR count). The third kappa shape index (κ3) is 7.62. The van der Waals surface area contributed by atoms with Gasteiger partial charge in [0, 0.05) is 30.7 Å². The molecule has 1 aliphatic rings. The molecule has 15 heteroatoms. The van der Waals surface area contributed by atoms with Crippen LogP contribution in [0.4, 0.5) is 11.4 Å².